The van der Waals surface area contributed by atoms with Gasteiger partial charge < -0.3 is 0 Å². The fourth-order valence-corrected chi connectivity index (χ4v) is 3.88. The summed E-state index contributed by atoms with van der Waals surface area (Å²) in [6.07, 6.45) is 6.49. The molecule has 3 aliphatic rings. The maximum atomic E-state index is 12.5. The van der Waals surface area contributed by atoms with E-state index in [1.165, 1.54) is 16.0 Å². The lowest BCUT2D eigenvalue weighted by Crippen LogP contribution is -2.43. The molecule has 2 heterocycles. The van der Waals surface area contributed by atoms with Crippen molar-refractivity contribution >= 4 is 11.8 Å². The predicted octanol–water partition coefficient (Wildman–Crippen LogP) is 1.95. The lowest BCUT2D eigenvalue weighted by molar-refractivity contribution is -0.142. The van der Waals surface area contributed by atoms with Crippen LogP contribution in [0, 0.1) is 11.8 Å². The van der Waals surface area contributed by atoms with Crippen LogP contribution in [0.4, 0.5) is 0 Å². The minimum Gasteiger partial charge on any atom is -0.281 e. The zero-order valence-corrected chi connectivity index (χ0v) is 12.6. The number of likely N-dealkylation sites (tertiary alicyclic amines) is 1. The van der Waals surface area contributed by atoms with E-state index in [0.29, 0.717) is 19.5 Å². The van der Waals surface area contributed by atoms with Gasteiger partial charge >= 0.3 is 0 Å². The van der Waals surface area contributed by atoms with Crippen molar-refractivity contribution in [3.63, 3.8) is 0 Å². The van der Waals surface area contributed by atoms with Gasteiger partial charge in [-0.3, -0.25) is 19.4 Å². The van der Waals surface area contributed by atoms with Crippen molar-refractivity contribution in [1.82, 2.24) is 9.80 Å². The van der Waals surface area contributed by atoms with Gasteiger partial charge in [-0.2, -0.15) is 0 Å². The summed E-state index contributed by atoms with van der Waals surface area (Å²) in [5.41, 5.74) is 2.70. The van der Waals surface area contributed by atoms with E-state index < -0.39 is 0 Å². The number of hydrogen-bond acceptors (Lipinski definition) is 3. The number of fused-ring (bicyclic) bond motifs is 2. The van der Waals surface area contributed by atoms with Crippen molar-refractivity contribution in [1.29, 1.82) is 0 Å². The highest BCUT2D eigenvalue weighted by atomic mass is 16.2. The van der Waals surface area contributed by atoms with E-state index in [1.54, 1.807) is 0 Å². The Bertz CT molecular complexity index is 626. The molecule has 2 aliphatic heterocycles. The Morgan fingerprint density at radius 1 is 0.955 bits per heavy atom. The van der Waals surface area contributed by atoms with Crippen LogP contribution >= 0.6 is 0 Å². The van der Waals surface area contributed by atoms with E-state index >= 15 is 0 Å². The van der Waals surface area contributed by atoms with E-state index in [-0.39, 0.29) is 23.7 Å². The summed E-state index contributed by atoms with van der Waals surface area (Å²) in [6.45, 7) is 2.17. The molecule has 1 aromatic carbocycles. The first-order chi connectivity index (χ1) is 10.7. The second kappa shape index (κ2) is 5.36. The second-order valence-electron chi connectivity index (χ2n) is 6.47. The normalized spacial score (nSPS) is 27.9. The molecule has 22 heavy (non-hydrogen) atoms. The van der Waals surface area contributed by atoms with E-state index in [2.05, 4.69) is 29.2 Å². The van der Waals surface area contributed by atoms with Gasteiger partial charge in [0.1, 0.15) is 0 Å². The Kier molecular flexibility index (Phi) is 3.34. The minimum atomic E-state index is -0.116. The van der Waals surface area contributed by atoms with Crippen molar-refractivity contribution < 1.29 is 9.59 Å². The van der Waals surface area contributed by atoms with Gasteiger partial charge in [-0.05, 0) is 30.4 Å². The van der Waals surface area contributed by atoms with Crippen LogP contribution in [0.5, 0.6) is 0 Å². The largest absolute Gasteiger partial charge is 0.281 e. The van der Waals surface area contributed by atoms with Crippen LogP contribution in [0.3, 0.4) is 0 Å². The average Bonchev–Trinajstić information content (AvgIpc) is 2.80. The molecular formula is C18H20N2O2. The van der Waals surface area contributed by atoms with Gasteiger partial charge in [0.2, 0.25) is 11.8 Å². The number of benzene rings is 1. The molecule has 1 aliphatic carbocycles. The summed E-state index contributed by atoms with van der Waals surface area (Å²) in [7, 11) is 0. The highest BCUT2D eigenvalue weighted by molar-refractivity contribution is 6.05. The summed E-state index contributed by atoms with van der Waals surface area (Å²) in [6, 6.07) is 8.42. The number of imide groups is 1. The van der Waals surface area contributed by atoms with Crippen molar-refractivity contribution in [2.24, 2.45) is 11.8 Å². The van der Waals surface area contributed by atoms with Crippen LogP contribution in [-0.2, 0) is 22.6 Å². The Hall–Kier alpha value is -1.94. The van der Waals surface area contributed by atoms with Gasteiger partial charge in [-0.1, -0.05) is 36.4 Å². The van der Waals surface area contributed by atoms with E-state index in [1.807, 2.05) is 12.2 Å². The van der Waals surface area contributed by atoms with Crippen molar-refractivity contribution in [3.8, 4) is 0 Å². The van der Waals surface area contributed by atoms with Gasteiger partial charge in [0, 0.05) is 13.1 Å². The lowest BCUT2D eigenvalue weighted by atomic mass is 9.85. The average molecular weight is 296 g/mol. The molecule has 2 amide bonds. The molecule has 2 atom stereocenters. The van der Waals surface area contributed by atoms with Crippen LogP contribution in [0.2, 0.25) is 0 Å². The molecular weight excluding hydrogens is 276 g/mol. The minimum absolute atomic E-state index is 0.0261. The second-order valence-corrected chi connectivity index (χ2v) is 6.47. The molecule has 0 aromatic heterocycles. The Labute approximate surface area is 130 Å². The van der Waals surface area contributed by atoms with Crippen LogP contribution in [0.1, 0.15) is 24.0 Å². The number of amides is 2. The topological polar surface area (TPSA) is 40.6 Å². The molecule has 0 saturated carbocycles. The molecule has 0 N–H and O–H groups in total. The third-order valence-electron chi connectivity index (χ3n) is 5.15. The lowest BCUT2D eigenvalue weighted by Gasteiger charge is -2.31. The van der Waals surface area contributed by atoms with Gasteiger partial charge in [-0.15, -0.1) is 0 Å². The quantitative estimate of drug-likeness (QED) is 0.619. The number of rotatable bonds is 2. The number of carbonyl (C=O) groups excluding carboxylic acids is 2. The fraction of sp³-hybridized carbons (Fsp3) is 0.444. The highest BCUT2D eigenvalue weighted by Gasteiger charge is 2.47. The third kappa shape index (κ3) is 2.18. The fourth-order valence-electron chi connectivity index (χ4n) is 3.88. The van der Waals surface area contributed by atoms with E-state index in [0.717, 1.165) is 19.5 Å². The molecule has 0 bridgehead atoms. The zero-order valence-electron chi connectivity index (χ0n) is 12.6. The zero-order chi connectivity index (χ0) is 15.1. The number of carbonyl (C=O) groups is 2. The highest BCUT2D eigenvalue weighted by Crippen LogP contribution is 2.35. The summed E-state index contributed by atoms with van der Waals surface area (Å²) < 4.78 is 0. The van der Waals surface area contributed by atoms with Gasteiger partial charge in [0.15, 0.2) is 0 Å². The predicted molar refractivity (Wildman–Crippen MR) is 82.6 cm³/mol. The molecule has 1 fully saturated rings. The molecule has 4 nitrogen and oxygen atoms in total. The first kappa shape index (κ1) is 13.7. The van der Waals surface area contributed by atoms with Crippen LogP contribution in [-0.4, -0.2) is 34.8 Å². The maximum Gasteiger partial charge on any atom is 0.234 e. The maximum absolute atomic E-state index is 12.5. The SMILES string of the molecule is O=C1[C@H]2CC=CC[C@H]2C(=O)N1CN1CCc2ccccc2C1. The molecule has 114 valence electrons. The summed E-state index contributed by atoms with van der Waals surface area (Å²) in [5.74, 6) is -0.180. The third-order valence-corrected chi connectivity index (χ3v) is 5.15. The van der Waals surface area contributed by atoms with Crippen molar-refractivity contribution in [2.75, 3.05) is 13.2 Å². The Balaban J connectivity index is 1.48. The Morgan fingerprint density at radius 3 is 2.27 bits per heavy atom. The molecule has 0 radical (unpaired) electrons. The first-order valence-corrected chi connectivity index (χ1v) is 8.03. The van der Waals surface area contributed by atoms with Crippen LogP contribution in [0.25, 0.3) is 0 Å². The molecule has 4 rings (SSSR count). The molecule has 1 aromatic rings. The summed E-state index contributed by atoms with van der Waals surface area (Å²) in [5, 5.41) is 0. The van der Waals surface area contributed by atoms with Gasteiger partial charge in [0.25, 0.3) is 0 Å². The number of hydrogen-bond donors (Lipinski definition) is 0. The number of nitrogens with zero attached hydrogens (tertiary/aromatic N) is 2. The smallest absolute Gasteiger partial charge is 0.234 e. The van der Waals surface area contributed by atoms with Crippen molar-refractivity contribution in [2.45, 2.75) is 25.8 Å². The number of allylic oxidation sites excluding steroid dienone is 2. The summed E-state index contributed by atoms with van der Waals surface area (Å²) in [4.78, 5) is 28.7. The van der Waals surface area contributed by atoms with Gasteiger partial charge in [-0.25, -0.2) is 0 Å². The summed E-state index contributed by atoms with van der Waals surface area (Å²) >= 11 is 0. The first-order valence-electron chi connectivity index (χ1n) is 8.03. The van der Waals surface area contributed by atoms with Crippen molar-refractivity contribution in [3.05, 3.63) is 47.5 Å². The Morgan fingerprint density at radius 2 is 1.59 bits per heavy atom. The van der Waals surface area contributed by atoms with Crippen LogP contribution in [0.15, 0.2) is 36.4 Å². The van der Waals surface area contributed by atoms with E-state index in [9.17, 15) is 9.59 Å². The monoisotopic (exact) mass is 296 g/mol. The molecule has 4 heteroatoms. The van der Waals surface area contributed by atoms with Crippen LogP contribution < -0.4 is 0 Å². The standard InChI is InChI=1S/C18H20N2O2/c21-17-15-7-3-4-8-16(15)18(22)20(17)12-19-10-9-13-5-1-2-6-14(13)11-19/h1-6,15-16H,7-12H2/t15-,16+. The molecule has 0 spiro atoms. The van der Waals surface area contributed by atoms with E-state index in [4.69, 9.17) is 0 Å². The molecule has 1 saturated heterocycles. The molecule has 0 unspecified atom stereocenters. The van der Waals surface area contributed by atoms with Gasteiger partial charge in [0.05, 0.1) is 18.5 Å².